The minimum atomic E-state index is -2.18. The fraction of sp³-hybridized carbons (Fsp3) is 0.944. The van der Waals surface area contributed by atoms with Crippen LogP contribution in [-0.4, -0.2) is 266 Å². The van der Waals surface area contributed by atoms with Crippen LogP contribution < -0.4 is 0 Å². The first-order valence-electron chi connectivity index (χ1n) is 28.2. The van der Waals surface area contributed by atoms with Gasteiger partial charge in [0.05, 0.1) is 62.4 Å². The van der Waals surface area contributed by atoms with Crippen LogP contribution in [0.25, 0.3) is 0 Å². The summed E-state index contributed by atoms with van der Waals surface area (Å²) in [5.41, 5.74) is -4.33. The molecule has 4 heterocycles. The number of aliphatic hydroxyl groups is 16. The lowest BCUT2D eigenvalue weighted by atomic mass is 9.33. The molecular weight excluding hydrogens is 1060 g/mol. The summed E-state index contributed by atoms with van der Waals surface area (Å²) < 4.78 is 48.0. The van der Waals surface area contributed by atoms with E-state index in [4.69, 9.17) is 37.9 Å². The summed E-state index contributed by atoms with van der Waals surface area (Å²) in [6.07, 6.45) is -35.8. The number of hydrogen-bond acceptors (Lipinski definition) is 25. The van der Waals surface area contributed by atoms with Gasteiger partial charge in [0.2, 0.25) is 0 Å². The summed E-state index contributed by atoms with van der Waals surface area (Å²) in [5.74, 6) is -2.69. The zero-order valence-electron chi connectivity index (χ0n) is 46.2. The number of carboxylic acid groups (broad SMARTS) is 1. The lowest BCUT2D eigenvalue weighted by Crippen LogP contribution is -2.72. The highest BCUT2D eigenvalue weighted by atomic mass is 16.8. The van der Waals surface area contributed by atoms with E-state index in [2.05, 4.69) is 26.8 Å². The molecule has 5 aliphatic carbocycles. The van der Waals surface area contributed by atoms with E-state index in [-0.39, 0.29) is 24.7 Å². The summed E-state index contributed by atoms with van der Waals surface area (Å²) in [6.45, 7) is 10.8. The van der Waals surface area contributed by atoms with Gasteiger partial charge in [-0.05, 0) is 91.3 Å². The maximum absolute atomic E-state index is 13.1. The average Bonchev–Trinajstić information content (AvgIpc) is 1.93. The predicted molar refractivity (Wildman–Crippen MR) is 267 cm³/mol. The predicted octanol–water partition coefficient (Wildman–Crippen LogP) is -4.56. The summed E-state index contributed by atoms with van der Waals surface area (Å²) in [7, 11) is 0. The Morgan fingerprint density at radius 3 is 1.68 bits per heavy atom. The normalized spacial score (nSPS) is 55.9. The van der Waals surface area contributed by atoms with Gasteiger partial charge in [-0.3, -0.25) is 0 Å². The molecular formula is C54H88O26. The number of aliphatic hydroxyl groups excluding tert-OH is 16. The third kappa shape index (κ3) is 9.58. The standard InChI is InChI=1S/C54H88O26/c1-20-29(60)32(63)35(66)45(73-20)80-43-42(70)54(19-58)22(14-49(43,2)3)21-8-9-26-50(4)12-11-28(51(5,18-57)25(50)10-13-52(26,6)53(21,7)15-27(54)59)76-48-40(78-47-37(68)34(65)31(62)24(17-56)75-47)38(69)39(41(79-48)44(71)72)77-46-36(67)33(64)30(61)23(16-55)74-46/h8,20,22-43,45-48,55-70H,9-19H2,1-7H3,(H,71,72)/t20-,22+,23-,24-,25-,26-,27-,28+,29-,30-,31-,32+,33+,34+,35-,36-,37-,38+,39+,40-,41+,42+,43+,45+,46+,47+,48-,50+,51-,52-,53-,54+/m1/s1. The van der Waals surface area contributed by atoms with E-state index in [1.165, 1.54) is 6.92 Å². The van der Waals surface area contributed by atoms with Crippen LogP contribution in [0.5, 0.6) is 0 Å². The molecule has 0 radical (unpaired) electrons. The minimum Gasteiger partial charge on any atom is -0.479 e. The molecule has 80 heavy (non-hydrogen) atoms. The number of hydrogen-bond donors (Lipinski definition) is 17. The molecule has 0 spiro atoms. The van der Waals surface area contributed by atoms with Gasteiger partial charge in [0, 0.05) is 5.41 Å². The van der Waals surface area contributed by atoms with Gasteiger partial charge in [-0.15, -0.1) is 0 Å². The van der Waals surface area contributed by atoms with Crippen LogP contribution in [0.3, 0.4) is 0 Å². The third-order valence-electron chi connectivity index (χ3n) is 21.9. The van der Waals surface area contributed by atoms with Crippen LogP contribution in [0.1, 0.15) is 93.4 Å². The zero-order valence-corrected chi connectivity index (χ0v) is 46.2. The molecule has 32 atom stereocenters. The van der Waals surface area contributed by atoms with Crippen LogP contribution >= 0.6 is 0 Å². The Morgan fingerprint density at radius 1 is 0.588 bits per heavy atom. The average molecular weight is 1150 g/mol. The van der Waals surface area contributed by atoms with E-state index in [0.717, 1.165) is 5.57 Å². The van der Waals surface area contributed by atoms with Gasteiger partial charge in [-0.25, -0.2) is 4.79 Å². The summed E-state index contributed by atoms with van der Waals surface area (Å²) in [5, 5.41) is 187. The monoisotopic (exact) mass is 1150 g/mol. The van der Waals surface area contributed by atoms with Crippen molar-refractivity contribution in [2.45, 2.75) is 241 Å². The maximum atomic E-state index is 13.1. The molecule has 9 rings (SSSR count). The van der Waals surface area contributed by atoms with Gasteiger partial charge in [-0.1, -0.05) is 53.2 Å². The molecule has 4 aliphatic heterocycles. The molecule has 9 aliphatic rings. The number of carbonyl (C=O) groups is 1. The molecule has 8 fully saturated rings. The van der Waals surface area contributed by atoms with E-state index in [1.54, 1.807) is 0 Å². The molecule has 0 aromatic heterocycles. The molecule has 4 saturated carbocycles. The first-order valence-corrected chi connectivity index (χ1v) is 28.2. The second kappa shape index (κ2) is 22.5. The first-order chi connectivity index (χ1) is 37.4. The Balaban J connectivity index is 1.00. The molecule has 26 heteroatoms. The quantitative estimate of drug-likeness (QED) is 0.0610. The van der Waals surface area contributed by atoms with Gasteiger partial charge < -0.3 is 125 Å². The summed E-state index contributed by atoms with van der Waals surface area (Å²) in [4.78, 5) is 13.1. The second-order valence-electron chi connectivity index (χ2n) is 26.4. The van der Waals surface area contributed by atoms with Crippen molar-refractivity contribution in [3.63, 3.8) is 0 Å². The van der Waals surface area contributed by atoms with Gasteiger partial charge in [0.15, 0.2) is 31.3 Å². The highest BCUT2D eigenvalue weighted by molar-refractivity contribution is 5.73. The van der Waals surface area contributed by atoms with Crippen LogP contribution in [0, 0.1) is 50.2 Å². The lowest BCUT2D eigenvalue weighted by Gasteiger charge is -2.72. The Hall–Kier alpha value is -1.75. The van der Waals surface area contributed by atoms with Gasteiger partial charge in [-0.2, -0.15) is 0 Å². The second-order valence-corrected chi connectivity index (χ2v) is 26.4. The van der Waals surface area contributed by atoms with Crippen molar-refractivity contribution in [1.82, 2.24) is 0 Å². The molecule has 4 saturated heterocycles. The van der Waals surface area contributed by atoms with E-state index >= 15 is 0 Å². The van der Waals surface area contributed by atoms with E-state index in [1.807, 2.05) is 20.8 Å². The van der Waals surface area contributed by atoms with Crippen molar-refractivity contribution < 1.29 is 130 Å². The highest BCUT2D eigenvalue weighted by Crippen LogP contribution is 2.76. The highest BCUT2D eigenvalue weighted by Gasteiger charge is 2.73. The number of ether oxygens (including phenoxy) is 8. The Morgan fingerprint density at radius 2 is 1.14 bits per heavy atom. The van der Waals surface area contributed by atoms with Crippen molar-refractivity contribution in [3.8, 4) is 0 Å². The molecule has 0 aromatic rings. The van der Waals surface area contributed by atoms with E-state index < -0.39 is 218 Å². The van der Waals surface area contributed by atoms with Crippen LogP contribution in [0.15, 0.2) is 11.6 Å². The van der Waals surface area contributed by atoms with Gasteiger partial charge in [0.25, 0.3) is 0 Å². The minimum absolute atomic E-state index is 0.0961. The maximum Gasteiger partial charge on any atom is 0.335 e. The molecule has 0 bridgehead atoms. The number of carboxylic acids is 1. The molecule has 26 nitrogen and oxygen atoms in total. The van der Waals surface area contributed by atoms with Crippen molar-refractivity contribution >= 4 is 5.97 Å². The smallest absolute Gasteiger partial charge is 0.335 e. The molecule has 460 valence electrons. The molecule has 17 N–H and O–H groups in total. The van der Waals surface area contributed by atoms with Crippen LogP contribution in [-0.2, 0) is 42.7 Å². The van der Waals surface area contributed by atoms with E-state index in [0.29, 0.717) is 32.1 Å². The molecule has 0 aromatic carbocycles. The Bertz CT molecular complexity index is 2220. The number of aliphatic carboxylic acids is 1. The largest absolute Gasteiger partial charge is 0.479 e. The fourth-order valence-electron chi connectivity index (χ4n) is 16.9. The lowest BCUT2D eigenvalue weighted by molar-refractivity contribution is -0.392. The Kier molecular flexibility index (Phi) is 17.7. The zero-order chi connectivity index (χ0) is 58.9. The SMILES string of the molecule is C[C@H]1O[C@@H](O[C@H]2[C@H](O)[C@]3(CO)[C@H](O)C[C@]4(C)C(=CC[C@@H]5[C@@]6(C)CC[C@H](O[C@@H]7O[C@H](C(=O)O)[C@@H](O[C@@H]8O[C@H](CO)[C@@H](O)[C@H](O)[C@H]8O)[C@H](O)[C@H]7O[C@@H]7O[C@H](CO)[C@@H](O)[C@H](O)[C@H]7O)[C@](C)(CO)[C@@H]6CC[C@]54C)[C@@H]3CC2(C)C)[C@H](O)[C@@H](O)[C@@H]1O. The topological polar surface area (TPSA) is 435 Å². The van der Waals surface area contributed by atoms with Gasteiger partial charge >= 0.3 is 5.97 Å². The molecule has 0 unspecified atom stereocenters. The Labute approximate surface area is 463 Å². The van der Waals surface area contributed by atoms with Gasteiger partial charge in [0.1, 0.15) is 85.5 Å². The number of rotatable bonds is 13. The fourth-order valence-corrected chi connectivity index (χ4v) is 16.9. The third-order valence-corrected chi connectivity index (χ3v) is 21.9. The van der Waals surface area contributed by atoms with Crippen molar-refractivity contribution in [2.75, 3.05) is 26.4 Å². The molecule has 0 amide bonds. The number of allylic oxidation sites excluding steroid dienone is 2. The number of fused-ring (bicyclic) bond motifs is 7. The van der Waals surface area contributed by atoms with Crippen molar-refractivity contribution in [2.24, 2.45) is 50.2 Å². The van der Waals surface area contributed by atoms with Crippen molar-refractivity contribution in [1.29, 1.82) is 0 Å². The first kappa shape index (κ1) is 62.8. The summed E-state index contributed by atoms with van der Waals surface area (Å²) in [6, 6.07) is 0. The van der Waals surface area contributed by atoms with Crippen molar-refractivity contribution in [3.05, 3.63) is 11.6 Å². The van der Waals surface area contributed by atoms with Crippen LogP contribution in [0.2, 0.25) is 0 Å². The van der Waals surface area contributed by atoms with Crippen LogP contribution in [0.4, 0.5) is 0 Å². The summed E-state index contributed by atoms with van der Waals surface area (Å²) >= 11 is 0. The van der Waals surface area contributed by atoms with E-state index in [9.17, 15) is 91.6 Å².